The van der Waals surface area contributed by atoms with E-state index >= 15 is 0 Å². The highest BCUT2D eigenvalue weighted by Gasteiger charge is 2.21. The smallest absolute Gasteiger partial charge is 0.255 e. The molecule has 5 nitrogen and oxygen atoms in total. The van der Waals surface area contributed by atoms with Crippen molar-refractivity contribution in [3.05, 3.63) is 82.0 Å². The average Bonchev–Trinajstić information content (AvgIpc) is 2.99. The van der Waals surface area contributed by atoms with Crippen LogP contribution in [0.5, 0.6) is 0 Å². The number of likely N-dealkylation sites (N-methyl/N-ethyl adjacent to an activating group) is 1. The van der Waals surface area contributed by atoms with Gasteiger partial charge in [-0.25, -0.2) is 0 Å². The number of hydrogen-bond donors (Lipinski definition) is 0. The molecular weight excluding hydrogens is 372 g/mol. The first-order valence-corrected chi connectivity index (χ1v) is 9.96. The third-order valence-corrected chi connectivity index (χ3v) is 5.98. The molecule has 5 rings (SSSR count). The Hall–Kier alpha value is -3.18. The Morgan fingerprint density at radius 3 is 2.60 bits per heavy atom. The van der Waals surface area contributed by atoms with Gasteiger partial charge in [0.15, 0.2) is 0 Å². The lowest BCUT2D eigenvalue weighted by Crippen LogP contribution is -2.26. The first-order valence-electron chi connectivity index (χ1n) is 9.96. The van der Waals surface area contributed by atoms with E-state index in [9.17, 15) is 4.79 Å². The summed E-state index contributed by atoms with van der Waals surface area (Å²) in [6.07, 6.45) is 4.73. The molecule has 1 aliphatic rings. The number of aromatic nitrogens is 3. The van der Waals surface area contributed by atoms with Crippen LogP contribution in [0.3, 0.4) is 0 Å². The molecule has 0 atom stereocenters. The van der Waals surface area contributed by atoms with Gasteiger partial charge in [-0.2, -0.15) is 0 Å². The van der Waals surface area contributed by atoms with Crippen LogP contribution in [0.1, 0.15) is 24.2 Å². The SMILES string of the molecule is C.Cc1ccc(-c2ccn(-c3ccc4c5c(n(C)c4c3)CCN(C)C5)c(=O)c2)nc1. The lowest BCUT2D eigenvalue weighted by atomic mass is 10.0. The molecular formula is C25H28N4O. The Morgan fingerprint density at radius 2 is 1.87 bits per heavy atom. The fourth-order valence-corrected chi connectivity index (χ4v) is 4.34. The van der Waals surface area contributed by atoms with E-state index in [0.29, 0.717) is 0 Å². The van der Waals surface area contributed by atoms with Gasteiger partial charge in [0, 0.05) is 61.7 Å². The molecule has 4 aromatic rings. The van der Waals surface area contributed by atoms with Crippen LogP contribution in [0.25, 0.3) is 27.8 Å². The molecule has 0 N–H and O–H groups in total. The average molecular weight is 401 g/mol. The van der Waals surface area contributed by atoms with Gasteiger partial charge in [0.05, 0.1) is 16.9 Å². The molecule has 4 heterocycles. The molecule has 1 aromatic carbocycles. The number of aryl methyl sites for hydroxylation is 2. The van der Waals surface area contributed by atoms with Crippen molar-refractivity contribution in [1.82, 2.24) is 19.0 Å². The minimum absolute atomic E-state index is 0. The summed E-state index contributed by atoms with van der Waals surface area (Å²) in [6.45, 7) is 4.06. The second-order valence-electron chi connectivity index (χ2n) is 8.02. The summed E-state index contributed by atoms with van der Waals surface area (Å²) in [5.41, 5.74) is 7.59. The molecule has 30 heavy (non-hydrogen) atoms. The van der Waals surface area contributed by atoms with Gasteiger partial charge in [0.1, 0.15) is 0 Å². The van der Waals surface area contributed by atoms with Gasteiger partial charge in [0.2, 0.25) is 0 Å². The molecule has 0 radical (unpaired) electrons. The second-order valence-corrected chi connectivity index (χ2v) is 8.02. The fourth-order valence-electron chi connectivity index (χ4n) is 4.34. The Balaban J connectivity index is 0.00000218. The Kier molecular flexibility index (Phi) is 5.08. The predicted molar refractivity (Wildman–Crippen MR) is 123 cm³/mol. The van der Waals surface area contributed by atoms with Crippen LogP contribution in [-0.2, 0) is 20.0 Å². The van der Waals surface area contributed by atoms with Gasteiger partial charge in [0.25, 0.3) is 5.56 Å². The predicted octanol–water partition coefficient (Wildman–Crippen LogP) is 4.32. The highest BCUT2D eigenvalue weighted by atomic mass is 16.1. The van der Waals surface area contributed by atoms with Gasteiger partial charge in [-0.05, 0) is 49.4 Å². The third-order valence-electron chi connectivity index (χ3n) is 5.98. The topological polar surface area (TPSA) is 43.1 Å². The lowest BCUT2D eigenvalue weighted by Gasteiger charge is -2.23. The molecule has 0 aliphatic carbocycles. The molecule has 0 amide bonds. The van der Waals surface area contributed by atoms with E-state index in [-0.39, 0.29) is 13.0 Å². The molecule has 0 unspecified atom stereocenters. The first kappa shape index (κ1) is 20.1. The van der Waals surface area contributed by atoms with E-state index in [1.165, 1.54) is 22.2 Å². The summed E-state index contributed by atoms with van der Waals surface area (Å²) in [6, 6.07) is 13.9. The highest BCUT2D eigenvalue weighted by molar-refractivity contribution is 5.87. The summed E-state index contributed by atoms with van der Waals surface area (Å²) in [5.74, 6) is 0. The Labute approximate surface area is 177 Å². The molecule has 5 heteroatoms. The monoisotopic (exact) mass is 400 g/mol. The van der Waals surface area contributed by atoms with E-state index in [2.05, 4.69) is 40.7 Å². The second kappa shape index (κ2) is 7.58. The van der Waals surface area contributed by atoms with Crippen LogP contribution in [-0.4, -0.2) is 32.6 Å². The van der Waals surface area contributed by atoms with E-state index < -0.39 is 0 Å². The zero-order valence-electron chi connectivity index (χ0n) is 17.0. The normalized spacial score (nSPS) is 13.8. The molecule has 3 aromatic heterocycles. The minimum atomic E-state index is -0.0528. The van der Waals surface area contributed by atoms with Gasteiger partial charge < -0.3 is 9.47 Å². The number of pyridine rings is 2. The molecule has 0 saturated carbocycles. The number of fused-ring (bicyclic) bond motifs is 3. The van der Waals surface area contributed by atoms with Gasteiger partial charge in [-0.1, -0.05) is 19.6 Å². The summed E-state index contributed by atoms with van der Waals surface area (Å²) < 4.78 is 3.99. The number of benzene rings is 1. The van der Waals surface area contributed by atoms with E-state index in [1.54, 1.807) is 10.6 Å². The lowest BCUT2D eigenvalue weighted by molar-refractivity contribution is 0.310. The van der Waals surface area contributed by atoms with E-state index in [4.69, 9.17) is 0 Å². The quantitative estimate of drug-likeness (QED) is 0.503. The first-order chi connectivity index (χ1) is 14.0. The molecule has 0 fully saturated rings. The van der Waals surface area contributed by atoms with Gasteiger partial charge >= 0.3 is 0 Å². The van der Waals surface area contributed by atoms with Crippen molar-refractivity contribution in [2.45, 2.75) is 27.3 Å². The minimum Gasteiger partial charge on any atom is -0.347 e. The Morgan fingerprint density at radius 1 is 1.03 bits per heavy atom. The molecule has 1 aliphatic heterocycles. The zero-order valence-corrected chi connectivity index (χ0v) is 17.0. The van der Waals surface area contributed by atoms with Crippen molar-refractivity contribution in [3.8, 4) is 16.9 Å². The molecule has 0 bridgehead atoms. The summed E-state index contributed by atoms with van der Waals surface area (Å²) in [7, 11) is 4.30. The molecule has 154 valence electrons. The van der Waals surface area contributed by atoms with Crippen molar-refractivity contribution in [1.29, 1.82) is 0 Å². The van der Waals surface area contributed by atoms with Crippen LogP contribution in [0.4, 0.5) is 0 Å². The summed E-state index contributed by atoms with van der Waals surface area (Å²) in [4.78, 5) is 19.7. The molecule has 0 spiro atoms. The fraction of sp³-hybridized carbons (Fsp3) is 0.280. The maximum atomic E-state index is 12.9. The van der Waals surface area contributed by atoms with Crippen molar-refractivity contribution < 1.29 is 0 Å². The number of nitrogens with zero attached hydrogens (tertiary/aromatic N) is 4. The van der Waals surface area contributed by atoms with Crippen LogP contribution in [0, 0.1) is 6.92 Å². The maximum Gasteiger partial charge on any atom is 0.255 e. The van der Waals surface area contributed by atoms with Gasteiger partial charge in [-0.3, -0.25) is 14.3 Å². The zero-order chi connectivity index (χ0) is 20.1. The van der Waals surface area contributed by atoms with Crippen LogP contribution in [0.15, 0.2) is 59.7 Å². The standard InChI is InChI=1S/C24H24N4O.CH4/c1-16-4-7-21(25-14-16)17-8-11-28(24(29)12-17)18-5-6-19-20-15-26(2)10-9-22(20)27(3)23(19)13-18;/h4-8,11-14H,9-10,15H2,1-3H3;1H4. The van der Waals surface area contributed by atoms with Crippen LogP contribution >= 0.6 is 0 Å². The van der Waals surface area contributed by atoms with Crippen LogP contribution in [0.2, 0.25) is 0 Å². The van der Waals surface area contributed by atoms with E-state index in [1.807, 2.05) is 43.6 Å². The van der Waals surface area contributed by atoms with Crippen LogP contribution < -0.4 is 5.56 Å². The number of rotatable bonds is 2. The van der Waals surface area contributed by atoms with Crippen molar-refractivity contribution in [2.24, 2.45) is 7.05 Å². The molecule has 0 saturated heterocycles. The highest BCUT2D eigenvalue weighted by Crippen LogP contribution is 2.31. The van der Waals surface area contributed by atoms with Crippen molar-refractivity contribution in [3.63, 3.8) is 0 Å². The summed E-state index contributed by atoms with van der Waals surface area (Å²) in [5, 5.41) is 1.28. The third kappa shape index (κ3) is 3.25. The van der Waals surface area contributed by atoms with Crippen molar-refractivity contribution in [2.75, 3.05) is 13.6 Å². The maximum absolute atomic E-state index is 12.9. The largest absolute Gasteiger partial charge is 0.347 e. The van der Waals surface area contributed by atoms with E-state index in [0.717, 1.165) is 42.0 Å². The van der Waals surface area contributed by atoms with Crippen molar-refractivity contribution >= 4 is 10.9 Å². The summed E-state index contributed by atoms with van der Waals surface area (Å²) >= 11 is 0. The Bertz CT molecular complexity index is 1280. The van der Waals surface area contributed by atoms with Gasteiger partial charge in [-0.15, -0.1) is 0 Å². The number of hydrogen-bond acceptors (Lipinski definition) is 3.